The molecule has 0 heterocycles. The molecule has 0 unspecified atom stereocenters. The lowest BCUT2D eigenvalue weighted by atomic mass is 9.99. The fourth-order valence-corrected chi connectivity index (χ4v) is 0.944. The number of carbonyl (C=O) groups excluding carboxylic acids is 1. The highest BCUT2D eigenvalue weighted by Gasteiger charge is 2.27. The van der Waals surface area contributed by atoms with Crippen molar-refractivity contribution >= 4 is 11.8 Å². The van der Waals surface area contributed by atoms with Gasteiger partial charge in [-0.2, -0.15) is 0 Å². The monoisotopic (exact) mass is 229 g/mol. The topological polar surface area (TPSA) is 96.9 Å². The number of methoxy groups -OCH3 is 1. The number of ether oxygens (including phenoxy) is 1. The number of nitrogens with two attached hydrogens (primary N) is 1. The SMILES string of the molecule is COC(=O)[C@@](C)(N)C/C=C/CN=C(C)NO. The third-order valence-electron chi connectivity index (χ3n) is 1.96. The summed E-state index contributed by atoms with van der Waals surface area (Å²) >= 11 is 0. The molecule has 0 aliphatic heterocycles. The van der Waals surface area contributed by atoms with Crippen LogP contribution in [0.25, 0.3) is 0 Å². The third kappa shape index (κ3) is 5.47. The molecule has 92 valence electrons. The van der Waals surface area contributed by atoms with Crippen molar-refractivity contribution in [1.29, 1.82) is 0 Å². The summed E-state index contributed by atoms with van der Waals surface area (Å²) in [5, 5.41) is 8.44. The maximum atomic E-state index is 11.2. The number of hydrogen-bond acceptors (Lipinski definition) is 5. The van der Waals surface area contributed by atoms with Crippen LogP contribution in [0.1, 0.15) is 20.3 Å². The summed E-state index contributed by atoms with van der Waals surface area (Å²) in [4.78, 5) is 15.1. The Hall–Kier alpha value is -1.40. The molecule has 6 heteroatoms. The zero-order chi connectivity index (χ0) is 12.6. The Bertz CT molecular complexity index is 285. The van der Waals surface area contributed by atoms with Gasteiger partial charge < -0.3 is 10.5 Å². The summed E-state index contributed by atoms with van der Waals surface area (Å²) in [6.07, 6.45) is 3.89. The number of carbonyl (C=O) groups is 1. The van der Waals surface area contributed by atoms with Crippen LogP contribution in [-0.4, -0.2) is 36.2 Å². The van der Waals surface area contributed by atoms with E-state index in [-0.39, 0.29) is 0 Å². The molecule has 16 heavy (non-hydrogen) atoms. The second-order valence-corrected chi connectivity index (χ2v) is 3.62. The maximum Gasteiger partial charge on any atom is 0.325 e. The number of nitrogens with zero attached hydrogens (tertiary/aromatic N) is 1. The van der Waals surface area contributed by atoms with Gasteiger partial charge in [0.15, 0.2) is 0 Å². The average Bonchev–Trinajstić information content (AvgIpc) is 2.26. The number of nitrogens with one attached hydrogen (secondary N) is 1. The van der Waals surface area contributed by atoms with Crippen LogP contribution in [0.4, 0.5) is 0 Å². The van der Waals surface area contributed by atoms with Crippen molar-refractivity contribution in [2.45, 2.75) is 25.8 Å². The van der Waals surface area contributed by atoms with Crippen molar-refractivity contribution in [1.82, 2.24) is 5.48 Å². The fourth-order valence-electron chi connectivity index (χ4n) is 0.944. The second-order valence-electron chi connectivity index (χ2n) is 3.62. The molecule has 0 amide bonds. The van der Waals surface area contributed by atoms with E-state index >= 15 is 0 Å². The summed E-state index contributed by atoms with van der Waals surface area (Å²) in [5.74, 6) is -0.0259. The molecule has 0 rings (SSSR count). The van der Waals surface area contributed by atoms with Gasteiger partial charge in [-0.3, -0.25) is 20.5 Å². The molecule has 0 aliphatic rings. The first kappa shape index (κ1) is 14.6. The number of amidine groups is 1. The lowest BCUT2D eigenvalue weighted by molar-refractivity contribution is -0.146. The Morgan fingerprint density at radius 1 is 1.62 bits per heavy atom. The predicted octanol–water partition coefficient (Wildman–Crippen LogP) is 0.220. The van der Waals surface area contributed by atoms with E-state index in [1.54, 1.807) is 26.0 Å². The molecule has 0 radical (unpaired) electrons. The predicted molar refractivity (Wildman–Crippen MR) is 61.3 cm³/mol. The number of aliphatic imine (C=N–C) groups is 1. The largest absolute Gasteiger partial charge is 0.468 e. The van der Waals surface area contributed by atoms with Gasteiger partial charge in [0.1, 0.15) is 11.4 Å². The highest BCUT2D eigenvalue weighted by molar-refractivity contribution is 5.80. The second kappa shape index (κ2) is 6.97. The smallest absolute Gasteiger partial charge is 0.325 e. The van der Waals surface area contributed by atoms with Crippen LogP contribution in [0.2, 0.25) is 0 Å². The summed E-state index contributed by atoms with van der Waals surface area (Å²) in [5.41, 5.74) is 6.63. The molecule has 0 aromatic heterocycles. The van der Waals surface area contributed by atoms with Gasteiger partial charge in [-0.05, 0) is 20.3 Å². The molecular weight excluding hydrogens is 210 g/mol. The fraction of sp³-hybridized carbons (Fsp3) is 0.600. The number of hydroxylamine groups is 1. The van der Waals surface area contributed by atoms with E-state index in [0.29, 0.717) is 18.8 Å². The third-order valence-corrected chi connectivity index (χ3v) is 1.96. The molecule has 0 fully saturated rings. The molecular formula is C10H19N3O3. The Balaban J connectivity index is 4.05. The van der Waals surface area contributed by atoms with E-state index in [1.807, 2.05) is 5.48 Å². The van der Waals surface area contributed by atoms with Gasteiger partial charge in [-0.25, -0.2) is 0 Å². The van der Waals surface area contributed by atoms with E-state index in [9.17, 15) is 4.79 Å². The maximum absolute atomic E-state index is 11.2. The lowest BCUT2D eigenvalue weighted by Crippen LogP contribution is -2.45. The Morgan fingerprint density at radius 3 is 2.75 bits per heavy atom. The van der Waals surface area contributed by atoms with Crippen LogP contribution in [0.15, 0.2) is 17.1 Å². The van der Waals surface area contributed by atoms with E-state index in [4.69, 9.17) is 10.9 Å². The van der Waals surface area contributed by atoms with Crippen LogP contribution in [0.5, 0.6) is 0 Å². The summed E-state index contributed by atoms with van der Waals surface area (Å²) < 4.78 is 4.56. The normalized spacial score (nSPS) is 15.9. The van der Waals surface area contributed by atoms with E-state index in [2.05, 4.69) is 9.73 Å². The highest BCUT2D eigenvalue weighted by atomic mass is 16.5. The van der Waals surface area contributed by atoms with Crippen molar-refractivity contribution in [3.8, 4) is 0 Å². The van der Waals surface area contributed by atoms with Crippen molar-refractivity contribution in [2.75, 3.05) is 13.7 Å². The van der Waals surface area contributed by atoms with Crippen molar-refractivity contribution < 1.29 is 14.7 Å². The zero-order valence-electron chi connectivity index (χ0n) is 9.86. The molecule has 6 nitrogen and oxygen atoms in total. The van der Waals surface area contributed by atoms with Gasteiger partial charge in [0, 0.05) is 0 Å². The number of hydrogen-bond donors (Lipinski definition) is 3. The summed E-state index contributed by atoms with van der Waals surface area (Å²) in [6.45, 7) is 3.65. The van der Waals surface area contributed by atoms with Gasteiger partial charge in [-0.15, -0.1) is 0 Å². The Morgan fingerprint density at radius 2 is 2.25 bits per heavy atom. The van der Waals surface area contributed by atoms with Crippen molar-refractivity contribution in [3.05, 3.63) is 12.2 Å². The van der Waals surface area contributed by atoms with E-state index in [0.717, 1.165) is 0 Å². The Kier molecular flexibility index (Phi) is 6.36. The van der Waals surface area contributed by atoms with Crippen molar-refractivity contribution in [3.63, 3.8) is 0 Å². The van der Waals surface area contributed by atoms with Crippen molar-refractivity contribution in [2.24, 2.45) is 10.7 Å². The van der Waals surface area contributed by atoms with Crippen LogP contribution >= 0.6 is 0 Å². The quantitative estimate of drug-likeness (QED) is 0.206. The number of esters is 1. The van der Waals surface area contributed by atoms with Gasteiger partial charge in [0.2, 0.25) is 0 Å². The van der Waals surface area contributed by atoms with E-state index in [1.165, 1.54) is 7.11 Å². The van der Waals surface area contributed by atoms with Gasteiger partial charge in [-0.1, -0.05) is 12.2 Å². The molecule has 0 saturated heterocycles. The average molecular weight is 229 g/mol. The first-order valence-corrected chi connectivity index (χ1v) is 4.87. The number of rotatable bonds is 5. The molecule has 0 aromatic rings. The first-order valence-electron chi connectivity index (χ1n) is 4.87. The van der Waals surface area contributed by atoms with Crippen LogP contribution < -0.4 is 11.2 Å². The summed E-state index contributed by atoms with van der Waals surface area (Å²) in [7, 11) is 1.30. The standard InChI is InChI=1S/C10H19N3O3/c1-8(13-15)12-7-5-4-6-10(2,11)9(14)16-3/h4-5,15H,6-7,11H2,1-3H3,(H,12,13)/b5-4+/t10-/m0/s1. The minimum atomic E-state index is -1.01. The van der Waals surface area contributed by atoms with Gasteiger partial charge in [0.25, 0.3) is 0 Å². The Labute approximate surface area is 95.1 Å². The van der Waals surface area contributed by atoms with E-state index < -0.39 is 11.5 Å². The molecule has 0 aliphatic carbocycles. The molecule has 0 saturated carbocycles. The molecule has 0 spiro atoms. The minimum Gasteiger partial charge on any atom is -0.468 e. The van der Waals surface area contributed by atoms with Gasteiger partial charge >= 0.3 is 5.97 Å². The van der Waals surface area contributed by atoms with Gasteiger partial charge in [0.05, 0.1) is 13.7 Å². The minimum absolute atomic E-state index is 0.376. The lowest BCUT2D eigenvalue weighted by Gasteiger charge is -2.18. The molecule has 0 aromatic carbocycles. The summed E-state index contributed by atoms with van der Waals surface area (Å²) in [6, 6.07) is 0. The highest BCUT2D eigenvalue weighted by Crippen LogP contribution is 2.08. The first-order chi connectivity index (χ1) is 7.44. The zero-order valence-corrected chi connectivity index (χ0v) is 9.86. The van der Waals surface area contributed by atoms with Crippen LogP contribution in [-0.2, 0) is 9.53 Å². The van der Waals surface area contributed by atoms with Crippen LogP contribution in [0, 0.1) is 0 Å². The molecule has 0 bridgehead atoms. The molecule has 1 atom stereocenters. The molecule has 4 N–H and O–H groups in total. The van der Waals surface area contributed by atoms with Crippen LogP contribution in [0.3, 0.4) is 0 Å².